The van der Waals surface area contributed by atoms with Gasteiger partial charge in [-0.25, -0.2) is 0 Å². The Morgan fingerprint density at radius 2 is 2.00 bits per heavy atom. The van der Waals surface area contributed by atoms with Crippen molar-refractivity contribution in [3.8, 4) is 5.75 Å². The van der Waals surface area contributed by atoms with Crippen molar-refractivity contribution in [1.29, 1.82) is 0 Å². The zero-order valence-corrected chi connectivity index (χ0v) is 9.21. The molecule has 84 valence electrons. The number of hydrogen-bond acceptors (Lipinski definition) is 2. The number of benzene rings is 1. The van der Waals surface area contributed by atoms with Crippen LogP contribution in [0.25, 0.3) is 0 Å². The van der Waals surface area contributed by atoms with Crippen LogP contribution in [-0.4, -0.2) is 12.9 Å². The van der Waals surface area contributed by atoms with Gasteiger partial charge in [0.05, 0.1) is 12.2 Å². The fourth-order valence-electron chi connectivity index (χ4n) is 1.14. The van der Waals surface area contributed by atoms with Crippen LogP contribution in [0.2, 0.25) is 0 Å². The average Bonchev–Trinajstić information content (AvgIpc) is 2.16. The standard InChI is InChI=1S/C10H11F3OS/c1-3-14-9-6-7(15-2)4-5-8(9)10(11,12)13/h4-6H,3H2,1-2H3. The molecule has 0 aliphatic rings. The second kappa shape index (κ2) is 4.79. The molecule has 0 amide bonds. The first-order valence-electron chi connectivity index (χ1n) is 4.37. The average molecular weight is 236 g/mol. The highest BCUT2D eigenvalue weighted by Crippen LogP contribution is 2.37. The highest BCUT2D eigenvalue weighted by atomic mass is 32.2. The number of halogens is 3. The maximum absolute atomic E-state index is 12.5. The zero-order valence-electron chi connectivity index (χ0n) is 8.39. The quantitative estimate of drug-likeness (QED) is 0.738. The van der Waals surface area contributed by atoms with Gasteiger partial charge in [0.1, 0.15) is 5.75 Å². The van der Waals surface area contributed by atoms with E-state index in [-0.39, 0.29) is 12.4 Å². The molecule has 5 heteroatoms. The van der Waals surface area contributed by atoms with Crippen molar-refractivity contribution in [2.75, 3.05) is 12.9 Å². The molecule has 1 nitrogen and oxygen atoms in total. The van der Waals surface area contributed by atoms with Crippen LogP contribution in [0, 0.1) is 0 Å². The van der Waals surface area contributed by atoms with E-state index >= 15 is 0 Å². The monoisotopic (exact) mass is 236 g/mol. The summed E-state index contributed by atoms with van der Waals surface area (Å²) in [6.45, 7) is 1.88. The molecule has 0 aliphatic carbocycles. The predicted molar refractivity (Wildman–Crippen MR) is 54.4 cm³/mol. The molecule has 0 unspecified atom stereocenters. The summed E-state index contributed by atoms with van der Waals surface area (Å²) in [5, 5.41) is 0. The minimum Gasteiger partial charge on any atom is -0.493 e. The zero-order chi connectivity index (χ0) is 11.5. The summed E-state index contributed by atoms with van der Waals surface area (Å²) in [4.78, 5) is 0.756. The van der Waals surface area contributed by atoms with Gasteiger partial charge in [0.2, 0.25) is 0 Å². The Labute approximate surface area is 90.6 Å². The van der Waals surface area contributed by atoms with Crippen LogP contribution in [0.1, 0.15) is 12.5 Å². The Morgan fingerprint density at radius 3 is 2.47 bits per heavy atom. The molecule has 0 atom stereocenters. The molecule has 0 saturated carbocycles. The Hall–Kier alpha value is -0.840. The molecule has 0 bridgehead atoms. The smallest absolute Gasteiger partial charge is 0.419 e. The van der Waals surface area contributed by atoms with Crippen molar-refractivity contribution < 1.29 is 17.9 Å². The van der Waals surface area contributed by atoms with Crippen LogP contribution in [0.15, 0.2) is 23.1 Å². The molecule has 0 aromatic heterocycles. The number of hydrogen-bond donors (Lipinski definition) is 0. The minimum absolute atomic E-state index is 0.100. The first kappa shape index (κ1) is 12.2. The number of ether oxygens (including phenoxy) is 1. The maximum atomic E-state index is 12.5. The van der Waals surface area contributed by atoms with Crippen molar-refractivity contribution in [1.82, 2.24) is 0 Å². The van der Waals surface area contributed by atoms with E-state index < -0.39 is 11.7 Å². The van der Waals surface area contributed by atoms with E-state index in [4.69, 9.17) is 4.74 Å². The fourth-order valence-corrected chi connectivity index (χ4v) is 1.57. The third-order valence-corrected chi connectivity index (χ3v) is 2.52. The summed E-state index contributed by atoms with van der Waals surface area (Å²) >= 11 is 1.38. The van der Waals surface area contributed by atoms with Crippen molar-refractivity contribution in [2.45, 2.75) is 18.0 Å². The fraction of sp³-hybridized carbons (Fsp3) is 0.400. The molecule has 0 saturated heterocycles. The topological polar surface area (TPSA) is 9.23 Å². The summed E-state index contributed by atoms with van der Waals surface area (Å²) in [5.41, 5.74) is -0.720. The van der Waals surface area contributed by atoms with Gasteiger partial charge in [0, 0.05) is 4.90 Å². The van der Waals surface area contributed by atoms with Crippen LogP contribution in [-0.2, 0) is 6.18 Å². The van der Waals surface area contributed by atoms with Gasteiger partial charge in [-0.3, -0.25) is 0 Å². The van der Waals surface area contributed by atoms with Gasteiger partial charge in [-0.1, -0.05) is 0 Å². The van der Waals surface area contributed by atoms with Gasteiger partial charge >= 0.3 is 6.18 Å². The molecular formula is C10H11F3OS. The third kappa shape index (κ3) is 3.06. The van der Waals surface area contributed by atoms with Crippen LogP contribution in [0.5, 0.6) is 5.75 Å². The van der Waals surface area contributed by atoms with Crippen molar-refractivity contribution in [2.24, 2.45) is 0 Å². The van der Waals surface area contributed by atoms with E-state index in [1.807, 2.05) is 0 Å². The van der Waals surface area contributed by atoms with Crippen molar-refractivity contribution in [3.05, 3.63) is 23.8 Å². The summed E-state index contributed by atoms with van der Waals surface area (Å²) in [6, 6.07) is 3.91. The second-order valence-electron chi connectivity index (χ2n) is 2.79. The van der Waals surface area contributed by atoms with Crippen LogP contribution < -0.4 is 4.74 Å². The lowest BCUT2D eigenvalue weighted by Crippen LogP contribution is -2.08. The Bertz CT molecular complexity index is 336. The molecule has 15 heavy (non-hydrogen) atoms. The predicted octanol–water partition coefficient (Wildman–Crippen LogP) is 3.83. The Kier molecular flexibility index (Phi) is 3.90. The summed E-state index contributed by atoms with van der Waals surface area (Å²) in [7, 11) is 0. The van der Waals surface area contributed by atoms with Crippen LogP contribution in [0.3, 0.4) is 0 Å². The molecule has 0 N–H and O–H groups in total. The lowest BCUT2D eigenvalue weighted by Gasteiger charge is -2.13. The molecule has 0 fully saturated rings. The Balaban J connectivity index is 3.15. The SMILES string of the molecule is CCOc1cc(SC)ccc1C(F)(F)F. The molecule has 0 heterocycles. The van der Waals surface area contributed by atoms with Gasteiger partial charge < -0.3 is 4.74 Å². The van der Waals surface area contributed by atoms with E-state index in [2.05, 4.69) is 0 Å². The van der Waals surface area contributed by atoms with Crippen molar-refractivity contribution in [3.63, 3.8) is 0 Å². The van der Waals surface area contributed by atoms with E-state index in [9.17, 15) is 13.2 Å². The van der Waals surface area contributed by atoms with Gasteiger partial charge in [-0.05, 0) is 31.4 Å². The summed E-state index contributed by atoms with van der Waals surface area (Å²) in [6.07, 6.45) is -2.56. The van der Waals surface area contributed by atoms with Gasteiger partial charge in [-0.15, -0.1) is 11.8 Å². The molecule has 1 aromatic carbocycles. The molecule has 0 aliphatic heterocycles. The molecule has 1 aromatic rings. The lowest BCUT2D eigenvalue weighted by atomic mass is 10.2. The maximum Gasteiger partial charge on any atom is 0.419 e. The minimum atomic E-state index is -4.36. The van der Waals surface area contributed by atoms with E-state index in [1.165, 1.54) is 23.9 Å². The van der Waals surface area contributed by atoms with Crippen LogP contribution in [0.4, 0.5) is 13.2 Å². The van der Waals surface area contributed by atoms with E-state index in [0.29, 0.717) is 0 Å². The highest BCUT2D eigenvalue weighted by molar-refractivity contribution is 7.98. The first-order chi connectivity index (χ1) is 6.99. The second-order valence-corrected chi connectivity index (χ2v) is 3.67. The van der Waals surface area contributed by atoms with Crippen LogP contribution >= 0.6 is 11.8 Å². The largest absolute Gasteiger partial charge is 0.493 e. The third-order valence-electron chi connectivity index (χ3n) is 1.79. The molecule has 0 spiro atoms. The van der Waals surface area contributed by atoms with E-state index in [0.717, 1.165) is 11.0 Å². The Morgan fingerprint density at radius 1 is 1.33 bits per heavy atom. The molecule has 0 radical (unpaired) electrons. The van der Waals surface area contributed by atoms with E-state index in [1.54, 1.807) is 13.2 Å². The summed E-state index contributed by atoms with van der Waals surface area (Å²) in [5.74, 6) is -0.100. The van der Waals surface area contributed by atoms with Gasteiger partial charge in [0.25, 0.3) is 0 Å². The summed E-state index contributed by atoms with van der Waals surface area (Å²) < 4.78 is 42.5. The number of alkyl halides is 3. The van der Waals surface area contributed by atoms with Gasteiger partial charge in [-0.2, -0.15) is 13.2 Å². The first-order valence-corrected chi connectivity index (χ1v) is 5.59. The van der Waals surface area contributed by atoms with Gasteiger partial charge in [0.15, 0.2) is 0 Å². The molecular weight excluding hydrogens is 225 g/mol. The van der Waals surface area contributed by atoms with Crippen molar-refractivity contribution >= 4 is 11.8 Å². The molecule has 1 rings (SSSR count). The number of thioether (sulfide) groups is 1. The normalized spacial score (nSPS) is 11.5. The highest BCUT2D eigenvalue weighted by Gasteiger charge is 2.34. The number of rotatable bonds is 3. The lowest BCUT2D eigenvalue weighted by molar-refractivity contribution is -0.138.